The predicted molar refractivity (Wildman–Crippen MR) is 98.8 cm³/mol. The van der Waals surface area contributed by atoms with Crippen molar-refractivity contribution in [3.05, 3.63) is 42.4 Å². The number of guanidine groups is 1. The maximum Gasteiger partial charge on any atom is 0.194 e. The average molecular weight is 325 g/mol. The minimum Gasteiger partial charge on any atom is -0.357 e. The highest BCUT2D eigenvalue weighted by atomic mass is 15.3. The summed E-state index contributed by atoms with van der Waals surface area (Å²) in [4.78, 5) is 15.0. The topological polar surface area (TPSA) is 56.3 Å². The number of H-pyrrole nitrogens is 1. The van der Waals surface area contributed by atoms with Crippen molar-refractivity contribution >= 4 is 5.96 Å². The number of benzene rings is 1. The van der Waals surface area contributed by atoms with E-state index >= 15 is 0 Å². The minimum absolute atomic E-state index is 0.569. The van der Waals surface area contributed by atoms with E-state index in [0.717, 1.165) is 48.6 Å². The summed E-state index contributed by atoms with van der Waals surface area (Å²) in [6, 6.07) is 10.3. The van der Waals surface area contributed by atoms with E-state index in [9.17, 15) is 0 Å². The van der Waals surface area contributed by atoms with E-state index in [1.54, 1.807) is 0 Å². The van der Waals surface area contributed by atoms with Crippen LogP contribution >= 0.6 is 0 Å². The molecule has 0 amide bonds. The molecule has 5 nitrogen and oxygen atoms in total. The highest BCUT2D eigenvalue weighted by molar-refractivity contribution is 5.80. The Bertz CT molecular complexity index is 661. The zero-order chi connectivity index (χ0) is 16.8. The molecule has 1 atom stereocenters. The molecular weight excluding hydrogens is 298 g/mol. The van der Waals surface area contributed by atoms with Crippen LogP contribution in [0.3, 0.4) is 0 Å². The summed E-state index contributed by atoms with van der Waals surface area (Å²) in [5.41, 5.74) is 2.19. The van der Waals surface area contributed by atoms with Crippen LogP contribution in [0.25, 0.3) is 11.3 Å². The lowest BCUT2D eigenvalue weighted by Crippen LogP contribution is -2.46. The van der Waals surface area contributed by atoms with Gasteiger partial charge in [0.15, 0.2) is 5.96 Å². The molecule has 1 aliphatic heterocycles. The number of hydrogen-bond acceptors (Lipinski definition) is 2. The second kappa shape index (κ2) is 7.99. The third kappa shape index (κ3) is 4.16. The Kier molecular flexibility index (Phi) is 5.51. The fraction of sp³-hybridized carbons (Fsp3) is 0.474. The first-order valence-corrected chi connectivity index (χ1v) is 8.89. The van der Waals surface area contributed by atoms with Crippen molar-refractivity contribution in [2.75, 3.05) is 19.6 Å². The fourth-order valence-electron chi connectivity index (χ4n) is 3.16. The van der Waals surface area contributed by atoms with Gasteiger partial charge in [0.1, 0.15) is 12.4 Å². The molecule has 0 spiro atoms. The van der Waals surface area contributed by atoms with E-state index in [0.29, 0.717) is 6.54 Å². The van der Waals surface area contributed by atoms with Gasteiger partial charge in [0.05, 0.1) is 11.9 Å². The smallest absolute Gasteiger partial charge is 0.194 e. The fourth-order valence-corrected chi connectivity index (χ4v) is 3.16. The van der Waals surface area contributed by atoms with Crippen molar-refractivity contribution in [3.8, 4) is 11.3 Å². The standard InChI is InChI=1S/C19H27N5/c1-3-20-19(24-11-7-8-15(2)14-24)22-13-18-21-12-17(23-18)16-9-5-4-6-10-16/h4-6,9-10,12,15H,3,7-8,11,13-14H2,1-2H3,(H,20,22)(H,21,23). The number of piperidine rings is 1. The van der Waals surface area contributed by atoms with Crippen molar-refractivity contribution in [2.45, 2.75) is 33.2 Å². The third-order valence-corrected chi connectivity index (χ3v) is 4.38. The van der Waals surface area contributed by atoms with E-state index in [1.165, 1.54) is 12.8 Å². The van der Waals surface area contributed by atoms with Gasteiger partial charge in [0.2, 0.25) is 0 Å². The lowest BCUT2D eigenvalue weighted by molar-refractivity contribution is 0.266. The van der Waals surface area contributed by atoms with Crippen molar-refractivity contribution in [2.24, 2.45) is 10.9 Å². The Labute approximate surface area is 144 Å². The average Bonchev–Trinajstić information content (AvgIpc) is 3.08. The van der Waals surface area contributed by atoms with Gasteiger partial charge >= 0.3 is 0 Å². The van der Waals surface area contributed by atoms with Gasteiger partial charge < -0.3 is 15.2 Å². The Hall–Kier alpha value is -2.30. The van der Waals surface area contributed by atoms with E-state index < -0.39 is 0 Å². The van der Waals surface area contributed by atoms with Crippen LogP contribution in [-0.2, 0) is 6.54 Å². The second-order valence-electron chi connectivity index (χ2n) is 6.47. The maximum atomic E-state index is 4.79. The summed E-state index contributed by atoms with van der Waals surface area (Å²) in [5.74, 6) is 2.63. The van der Waals surface area contributed by atoms with Crippen LogP contribution in [0.4, 0.5) is 0 Å². The first kappa shape index (κ1) is 16.6. The van der Waals surface area contributed by atoms with Gasteiger partial charge in [0.25, 0.3) is 0 Å². The lowest BCUT2D eigenvalue weighted by Gasteiger charge is -2.33. The lowest BCUT2D eigenvalue weighted by atomic mass is 10.0. The van der Waals surface area contributed by atoms with Crippen molar-refractivity contribution in [3.63, 3.8) is 0 Å². The van der Waals surface area contributed by atoms with Gasteiger partial charge in [-0.25, -0.2) is 9.98 Å². The summed E-state index contributed by atoms with van der Waals surface area (Å²) in [6.07, 6.45) is 4.44. The zero-order valence-electron chi connectivity index (χ0n) is 14.6. The quantitative estimate of drug-likeness (QED) is 0.670. The number of aromatic nitrogens is 2. The first-order valence-electron chi connectivity index (χ1n) is 8.89. The van der Waals surface area contributed by atoms with Gasteiger partial charge in [-0.2, -0.15) is 0 Å². The minimum atomic E-state index is 0.569. The molecule has 0 radical (unpaired) electrons. The van der Waals surface area contributed by atoms with Crippen LogP contribution in [0.15, 0.2) is 41.5 Å². The number of nitrogens with one attached hydrogen (secondary N) is 2. The second-order valence-corrected chi connectivity index (χ2v) is 6.47. The highest BCUT2D eigenvalue weighted by Crippen LogP contribution is 2.17. The summed E-state index contributed by atoms with van der Waals surface area (Å²) in [7, 11) is 0. The Morgan fingerprint density at radius 3 is 2.96 bits per heavy atom. The summed E-state index contributed by atoms with van der Waals surface area (Å²) >= 11 is 0. The number of imidazole rings is 1. The molecule has 1 unspecified atom stereocenters. The van der Waals surface area contributed by atoms with E-state index in [2.05, 4.69) is 46.2 Å². The summed E-state index contributed by atoms with van der Waals surface area (Å²) in [5, 5.41) is 3.42. The normalized spacial score (nSPS) is 18.7. The Balaban J connectivity index is 1.69. The van der Waals surface area contributed by atoms with Crippen LogP contribution in [-0.4, -0.2) is 40.5 Å². The molecule has 128 valence electrons. The van der Waals surface area contributed by atoms with E-state index in [1.807, 2.05) is 24.4 Å². The number of hydrogen-bond donors (Lipinski definition) is 2. The number of aromatic amines is 1. The molecule has 1 aromatic carbocycles. The summed E-state index contributed by atoms with van der Waals surface area (Å²) < 4.78 is 0. The number of rotatable bonds is 4. The van der Waals surface area contributed by atoms with Crippen molar-refractivity contribution in [1.29, 1.82) is 0 Å². The number of likely N-dealkylation sites (tertiary alicyclic amines) is 1. The molecule has 0 aliphatic carbocycles. The molecule has 2 aromatic rings. The summed E-state index contributed by atoms with van der Waals surface area (Å²) in [6.45, 7) is 8.05. The van der Waals surface area contributed by atoms with Gasteiger partial charge in [-0.05, 0) is 31.2 Å². The third-order valence-electron chi connectivity index (χ3n) is 4.38. The molecule has 3 rings (SSSR count). The number of nitrogens with zero attached hydrogens (tertiary/aromatic N) is 3. The van der Waals surface area contributed by atoms with E-state index in [4.69, 9.17) is 4.99 Å². The molecular formula is C19H27N5. The first-order chi connectivity index (χ1) is 11.8. The largest absolute Gasteiger partial charge is 0.357 e. The van der Waals surface area contributed by atoms with Crippen molar-refractivity contribution in [1.82, 2.24) is 20.2 Å². The van der Waals surface area contributed by atoms with Gasteiger partial charge in [-0.3, -0.25) is 0 Å². The predicted octanol–water partition coefficient (Wildman–Crippen LogP) is 3.27. The molecule has 1 saturated heterocycles. The van der Waals surface area contributed by atoms with Crippen LogP contribution in [0.2, 0.25) is 0 Å². The number of aliphatic imine (C=N–C) groups is 1. The van der Waals surface area contributed by atoms with Crippen LogP contribution in [0, 0.1) is 5.92 Å². The zero-order valence-corrected chi connectivity index (χ0v) is 14.6. The molecule has 2 N–H and O–H groups in total. The molecule has 1 fully saturated rings. The van der Waals surface area contributed by atoms with Crippen LogP contribution < -0.4 is 5.32 Å². The SMILES string of the molecule is CCNC(=NCc1ncc(-c2ccccc2)[nH]1)N1CCCC(C)C1. The van der Waals surface area contributed by atoms with Crippen molar-refractivity contribution < 1.29 is 0 Å². The molecule has 5 heteroatoms. The van der Waals surface area contributed by atoms with Gasteiger partial charge in [-0.1, -0.05) is 37.3 Å². The Morgan fingerprint density at radius 1 is 1.38 bits per heavy atom. The molecule has 0 bridgehead atoms. The molecule has 24 heavy (non-hydrogen) atoms. The monoisotopic (exact) mass is 325 g/mol. The molecule has 1 aromatic heterocycles. The molecule has 0 saturated carbocycles. The highest BCUT2D eigenvalue weighted by Gasteiger charge is 2.19. The van der Waals surface area contributed by atoms with Crippen LogP contribution in [0.5, 0.6) is 0 Å². The van der Waals surface area contributed by atoms with Crippen LogP contribution in [0.1, 0.15) is 32.5 Å². The molecule has 1 aliphatic rings. The molecule has 2 heterocycles. The Morgan fingerprint density at radius 2 is 2.21 bits per heavy atom. The van der Waals surface area contributed by atoms with E-state index in [-0.39, 0.29) is 0 Å². The van der Waals surface area contributed by atoms with Gasteiger partial charge in [-0.15, -0.1) is 0 Å². The maximum absolute atomic E-state index is 4.79. The van der Waals surface area contributed by atoms with Gasteiger partial charge in [0, 0.05) is 19.6 Å².